The third kappa shape index (κ3) is 4.55. The number of carbonyl (C=O) groups is 1. The van der Waals surface area contributed by atoms with E-state index in [1.165, 1.54) is 0 Å². The Bertz CT molecular complexity index is 861. The summed E-state index contributed by atoms with van der Waals surface area (Å²) in [6, 6.07) is 11.4. The van der Waals surface area contributed by atoms with Crippen molar-refractivity contribution in [3.05, 3.63) is 72.3 Å². The van der Waals surface area contributed by atoms with Gasteiger partial charge in [0, 0.05) is 35.8 Å². The van der Waals surface area contributed by atoms with Crippen LogP contribution >= 0.6 is 0 Å². The molecule has 0 radical (unpaired) electrons. The molecule has 2 heterocycles. The van der Waals surface area contributed by atoms with E-state index >= 15 is 0 Å². The zero-order chi connectivity index (χ0) is 18.4. The SMILES string of the molecule is C[C@@H](Cc1cccnc1)NC(=O)c1cccc(-c2cnn(CCO)c2)c1. The van der Waals surface area contributed by atoms with Gasteiger partial charge < -0.3 is 10.4 Å². The Balaban J connectivity index is 1.67. The van der Waals surface area contributed by atoms with Gasteiger partial charge in [0.15, 0.2) is 0 Å². The van der Waals surface area contributed by atoms with Crippen LogP contribution in [0.15, 0.2) is 61.2 Å². The normalized spacial score (nSPS) is 11.9. The van der Waals surface area contributed by atoms with E-state index in [2.05, 4.69) is 15.4 Å². The Morgan fingerprint density at radius 1 is 1.23 bits per heavy atom. The molecule has 6 nitrogen and oxygen atoms in total. The first-order chi connectivity index (χ1) is 12.7. The van der Waals surface area contributed by atoms with Crippen molar-refractivity contribution in [3.63, 3.8) is 0 Å². The summed E-state index contributed by atoms with van der Waals surface area (Å²) in [6.45, 7) is 2.47. The molecule has 3 aromatic rings. The molecule has 2 N–H and O–H groups in total. The van der Waals surface area contributed by atoms with Crippen LogP contribution in [0, 0.1) is 0 Å². The molecule has 3 rings (SSSR count). The summed E-state index contributed by atoms with van der Waals surface area (Å²) in [5.74, 6) is -0.106. The predicted molar refractivity (Wildman–Crippen MR) is 99.6 cm³/mol. The van der Waals surface area contributed by atoms with Crippen molar-refractivity contribution >= 4 is 5.91 Å². The van der Waals surface area contributed by atoms with E-state index in [4.69, 9.17) is 5.11 Å². The Labute approximate surface area is 152 Å². The van der Waals surface area contributed by atoms with Crippen molar-refractivity contribution in [3.8, 4) is 11.1 Å². The number of pyridine rings is 1. The summed E-state index contributed by atoms with van der Waals surface area (Å²) in [6.07, 6.45) is 7.87. The van der Waals surface area contributed by atoms with Gasteiger partial charge in [0.05, 0.1) is 19.3 Å². The molecule has 0 aliphatic rings. The summed E-state index contributed by atoms with van der Waals surface area (Å²) >= 11 is 0. The first-order valence-corrected chi connectivity index (χ1v) is 8.59. The van der Waals surface area contributed by atoms with Crippen molar-refractivity contribution in [1.29, 1.82) is 0 Å². The second kappa shape index (κ2) is 8.40. The van der Waals surface area contributed by atoms with E-state index in [-0.39, 0.29) is 18.6 Å². The largest absolute Gasteiger partial charge is 0.394 e. The molecular formula is C20H22N4O2. The molecule has 0 saturated heterocycles. The van der Waals surface area contributed by atoms with Gasteiger partial charge in [-0.25, -0.2) is 0 Å². The van der Waals surface area contributed by atoms with Gasteiger partial charge in [0.1, 0.15) is 0 Å². The van der Waals surface area contributed by atoms with E-state index in [0.29, 0.717) is 12.1 Å². The average molecular weight is 350 g/mol. The number of hydrogen-bond donors (Lipinski definition) is 2. The Hall–Kier alpha value is -2.99. The number of aromatic nitrogens is 3. The van der Waals surface area contributed by atoms with Gasteiger partial charge in [-0.1, -0.05) is 18.2 Å². The second-order valence-electron chi connectivity index (χ2n) is 6.24. The molecule has 2 aromatic heterocycles. The topological polar surface area (TPSA) is 80.0 Å². The molecular weight excluding hydrogens is 328 g/mol. The summed E-state index contributed by atoms with van der Waals surface area (Å²) in [4.78, 5) is 16.7. The minimum Gasteiger partial charge on any atom is -0.394 e. The minimum absolute atomic E-state index is 0.00246. The summed E-state index contributed by atoms with van der Waals surface area (Å²) < 4.78 is 1.68. The number of nitrogens with zero attached hydrogens (tertiary/aromatic N) is 3. The lowest BCUT2D eigenvalue weighted by Crippen LogP contribution is -2.34. The summed E-state index contributed by atoms with van der Waals surface area (Å²) in [5.41, 5.74) is 3.53. The average Bonchev–Trinajstić information content (AvgIpc) is 3.11. The number of rotatable bonds is 7. The molecule has 0 saturated carbocycles. The van der Waals surface area contributed by atoms with E-state index < -0.39 is 0 Å². The fourth-order valence-corrected chi connectivity index (χ4v) is 2.81. The molecule has 0 bridgehead atoms. The van der Waals surface area contributed by atoms with Gasteiger partial charge in [-0.2, -0.15) is 5.10 Å². The molecule has 0 aliphatic heterocycles. The van der Waals surface area contributed by atoms with Crippen molar-refractivity contribution in [2.24, 2.45) is 0 Å². The standard InChI is InChI=1S/C20H22N4O2/c1-15(10-16-4-3-7-21-12-16)23-20(26)18-6-2-5-17(11-18)19-13-22-24(14-19)8-9-25/h2-7,11-15,25H,8-10H2,1H3,(H,23,26)/t15-/m0/s1. The highest BCUT2D eigenvalue weighted by Crippen LogP contribution is 2.20. The fraction of sp³-hybridized carbons (Fsp3) is 0.250. The predicted octanol–water partition coefficient (Wildman–Crippen LogP) is 2.30. The Morgan fingerprint density at radius 3 is 2.88 bits per heavy atom. The van der Waals surface area contributed by atoms with E-state index in [0.717, 1.165) is 23.1 Å². The fourth-order valence-electron chi connectivity index (χ4n) is 2.81. The molecule has 1 atom stereocenters. The maximum atomic E-state index is 12.6. The first-order valence-electron chi connectivity index (χ1n) is 8.59. The van der Waals surface area contributed by atoms with Crippen molar-refractivity contribution in [2.45, 2.75) is 25.9 Å². The van der Waals surface area contributed by atoms with Gasteiger partial charge in [-0.3, -0.25) is 14.5 Å². The van der Waals surface area contributed by atoms with Crippen LogP contribution in [0.2, 0.25) is 0 Å². The van der Waals surface area contributed by atoms with Crippen LogP contribution in [0.25, 0.3) is 11.1 Å². The van der Waals surface area contributed by atoms with Gasteiger partial charge in [0.25, 0.3) is 5.91 Å². The third-order valence-electron chi connectivity index (χ3n) is 4.06. The molecule has 26 heavy (non-hydrogen) atoms. The molecule has 0 fully saturated rings. The Morgan fingerprint density at radius 2 is 2.12 bits per heavy atom. The second-order valence-corrected chi connectivity index (χ2v) is 6.24. The van der Waals surface area contributed by atoms with Crippen LogP contribution < -0.4 is 5.32 Å². The molecule has 134 valence electrons. The Kier molecular flexibility index (Phi) is 5.76. The van der Waals surface area contributed by atoms with Gasteiger partial charge in [-0.15, -0.1) is 0 Å². The number of hydrogen-bond acceptors (Lipinski definition) is 4. The number of amides is 1. The van der Waals surface area contributed by atoms with Gasteiger partial charge in [-0.05, 0) is 42.7 Å². The van der Waals surface area contributed by atoms with Crippen molar-refractivity contribution in [1.82, 2.24) is 20.1 Å². The van der Waals surface area contributed by atoms with Crippen molar-refractivity contribution in [2.75, 3.05) is 6.61 Å². The van der Waals surface area contributed by atoms with Crippen LogP contribution in [0.3, 0.4) is 0 Å². The number of benzene rings is 1. The number of aliphatic hydroxyl groups is 1. The highest BCUT2D eigenvalue weighted by molar-refractivity contribution is 5.95. The number of aliphatic hydroxyl groups excluding tert-OH is 1. The maximum Gasteiger partial charge on any atom is 0.251 e. The smallest absolute Gasteiger partial charge is 0.251 e. The first kappa shape index (κ1) is 17.8. The maximum absolute atomic E-state index is 12.6. The molecule has 1 aromatic carbocycles. The van der Waals surface area contributed by atoms with Crippen LogP contribution in [-0.4, -0.2) is 38.4 Å². The zero-order valence-electron chi connectivity index (χ0n) is 14.7. The van der Waals surface area contributed by atoms with Crippen LogP contribution in [0.1, 0.15) is 22.8 Å². The highest BCUT2D eigenvalue weighted by atomic mass is 16.3. The highest BCUT2D eigenvalue weighted by Gasteiger charge is 2.12. The summed E-state index contributed by atoms with van der Waals surface area (Å²) in [5, 5.41) is 16.2. The number of carbonyl (C=O) groups excluding carboxylic acids is 1. The monoisotopic (exact) mass is 350 g/mol. The van der Waals surface area contributed by atoms with E-state index in [1.807, 2.05) is 49.6 Å². The molecule has 1 amide bonds. The lowest BCUT2D eigenvalue weighted by Gasteiger charge is -2.14. The summed E-state index contributed by atoms with van der Waals surface area (Å²) in [7, 11) is 0. The molecule has 0 aliphatic carbocycles. The van der Waals surface area contributed by atoms with E-state index in [9.17, 15) is 4.79 Å². The van der Waals surface area contributed by atoms with Crippen LogP contribution in [0.4, 0.5) is 0 Å². The lowest BCUT2D eigenvalue weighted by molar-refractivity contribution is 0.0940. The third-order valence-corrected chi connectivity index (χ3v) is 4.06. The lowest BCUT2D eigenvalue weighted by atomic mass is 10.0. The molecule has 6 heteroatoms. The minimum atomic E-state index is -0.106. The quantitative estimate of drug-likeness (QED) is 0.685. The zero-order valence-corrected chi connectivity index (χ0v) is 14.7. The van der Waals surface area contributed by atoms with Gasteiger partial charge >= 0.3 is 0 Å². The number of nitrogens with one attached hydrogen (secondary N) is 1. The van der Waals surface area contributed by atoms with E-state index in [1.54, 1.807) is 23.1 Å². The van der Waals surface area contributed by atoms with Gasteiger partial charge in [0.2, 0.25) is 0 Å². The molecule has 0 unspecified atom stereocenters. The van der Waals surface area contributed by atoms with Crippen LogP contribution in [0.5, 0.6) is 0 Å². The van der Waals surface area contributed by atoms with Crippen molar-refractivity contribution < 1.29 is 9.90 Å². The molecule has 0 spiro atoms. The van der Waals surface area contributed by atoms with Crippen LogP contribution in [-0.2, 0) is 13.0 Å².